The van der Waals surface area contributed by atoms with Crippen LogP contribution in [0.2, 0.25) is 0 Å². The highest BCUT2D eigenvalue weighted by atomic mass is 15.3. The molecule has 0 radical (unpaired) electrons. The first-order chi connectivity index (χ1) is 9.43. The number of para-hydroxylation sites is 1. The zero-order valence-electron chi connectivity index (χ0n) is 12.7. The number of hydrogen-bond acceptors (Lipinski definition) is 2. The van der Waals surface area contributed by atoms with Crippen molar-refractivity contribution in [3.05, 3.63) is 48.3 Å². The minimum absolute atomic E-state index is 0.377. The molecule has 3 rings (SSSR count). The van der Waals surface area contributed by atoms with Gasteiger partial charge in [0.2, 0.25) is 0 Å². The highest BCUT2D eigenvalue weighted by molar-refractivity contribution is 5.31. The Balaban J connectivity index is 1.65. The van der Waals surface area contributed by atoms with E-state index >= 15 is 0 Å². The van der Waals surface area contributed by atoms with Gasteiger partial charge in [-0.2, -0.15) is 5.10 Å². The Bertz CT molecular complexity index is 582. The average Bonchev–Trinajstić information content (AvgIpc) is 2.76. The molecule has 3 heteroatoms. The normalized spacial score (nSPS) is 20.0. The van der Waals surface area contributed by atoms with E-state index in [1.54, 1.807) is 0 Å². The van der Waals surface area contributed by atoms with Gasteiger partial charge in [-0.25, -0.2) is 4.68 Å². The monoisotopic (exact) mass is 269 g/mol. The summed E-state index contributed by atoms with van der Waals surface area (Å²) in [5.74, 6) is 0. The van der Waals surface area contributed by atoms with Gasteiger partial charge in [-0.1, -0.05) is 45.9 Å². The molecule has 0 amide bonds. The Morgan fingerprint density at radius 2 is 1.75 bits per heavy atom. The molecule has 2 aromatic rings. The lowest BCUT2D eigenvalue weighted by Crippen LogP contribution is -2.21. The summed E-state index contributed by atoms with van der Waals surface area (Å²) in [6.07, 6.45) is 4.05. The van der Waals surface area contributed by atoms with Gasteiger partial charge >= 0.3 is 0 Å². The van der Waals surface area contributed by atoms with Crippen molar-refractivity contribution in [3.63, 3.8) is 0 Å². The van der Waals surface area contributed by atoms with Crippen molar-refractivity contribution in [2.24, 2.45) is 10.8 Å². The summed E-state index contributed by atoms with van der Waals surface area (Å²) in [5, 5.41) is 8.10. The second-order valence-electron chi connectivity index (χ2n) is 6.89. The lowest BCUT2D eigenvalue weighted by atomic mass is 10.0. The van der Waals surface area contributed by atoms with E-state index < -0.39 is 0 Å². The van der Waals surface area contributed by atoms with Crippen molar-refractivity contribution in [1.82, 2.24) is 15.1 Å². The van der Waals surface area contributed by atoms with E-state index in [0.29, 0.717) is 16.9 Å². The third-order valence-electron chi connectivity index (χ3n) is 5.19. The van der Waals surface area contributed by atoms with E-state index in [2.05, 4.69) is 56.4 Å². The maximum Gasteiger partial charge on any atom is 0.0645 e. The second-order valence-corrected chi connectivity index (χ2v) is 6.89. The van der Waals surface area contributed by atoms with Crippen LogP contribution in [0.3, 0.4) is 0 Å². The largest absolute Gasteiger partial charge is 0.309 e. The van der Waals surface area contributed by atoms with Crippen LogP contribution in [0.15, 0.2) is 42.7 Å². The van der Waals surface area contributed by atoms with Crippen molar-refractivity contribution in [2.75, 3.05) is 0 Å². The summed E-state index contributed by atoms with van der Waals surface area (Å²) >= 11 is 0. The van der Waals surface area contributed by atoms with Crippen LogP contribution in [0.25, 0.3) is 5.69 Å². The minimum atomic E-state index is 0.377. The molecule has 0 unspecified atom stereocenters. The van der Waals surface area contributed by atoms with Crippen LogP contribution in [0.5, 0.6) is 0 Å². The molecule has 3 nitrogen and oxygen atoms in total. The van der Waals surface area contributed by atoms with Crippen LogP contribution in [0.4, 0.5) is 0 Å². The summed E-state index contributed by atoms with van der Waals surface area (Å²) < 4.78 is 1.93. The fourth-order valence-electron chi connectivity index (χ4n) is 3.10. The maximum absolute atomic E-state index is 4.43. The van der Waals surface area contributed by atoms with E-state index in [1.807, 2.05) is 29.1 Å². The van der Waals surface area contributed by atoms with E-state index in [9.17, 15) is 0 Å². The Morgan fingerprint density at radius 1 is 1.10 bits per heavy atom. The molecule has 106 valence electrons. The van der Waals surface area contributed by atoms with E-state index in [1.165, 1.54) is 5.56 Å². The quantitative estimate of drug-likeness (QED) is 0.922. The van der Waals surface area contributed by atoms with Gasteiger partial charge in [0, 0.05) is 24.3 Å². The van der Waals surface area contributed by atoms with Crippen LogP contribution >= 0.6 is 0 Å². The zero-order valence-corrected chi connectivity index (χ0v) is 12.7. The maximum atomic E-state index is 4.43. The van der Waals surface area contributed by atoms with Crippen LogP contribution in [-0.2, 0) is 6.54 Å². The smallest absolute Gasteiger partial charge is 0.0645 e. The minimum Gasteiger partial charge on any atom is -0.309 e. The molecule has 0 saturated heterocycles. The lowest BCUT2D eigenvalue weighted by molar-refractivity contribution is 0.457. The highest BCUT2D eigenvalue weighted by Crippen LogP contribution is 2.62. The van der Waals surface area contributed by atoms with E-state index in [4.69, 9.17) is 0 Å². The highest BCUT2D eigenvalue weighted by Gasteiger charge is 2.64. The van der Waals surface area contributed by atoms with Crippen molar-refractivity contribution in [3.8, 4) is 5.69 Å². The van der Waals surface area contributed by atoms with Crippen molar-refractivity contribution in [2.45, 2.75) is 40.3 Å². The molecule has 0 spiro atoms. The molecule has 0 bridgehead atoms. The van der Waals surface area contributed by atoms with E-state index in [0.717, 1.165) is 12.2 Å². The van der Waals surface area contributed by atoms with Gasteiger partial charge in [0.15, 0.2) is 0 Å². The number of benzene rings is 1. The fraction of sp³-hybridized carbons (Fsp3) is 0.471. The summed E-state index contributed by atoms with van der Waals surface area (Å²) in [6.45, 7) is 10.2. The lowest BCUT2D eigenvalue weighted by Gasteiger charge is -2.04. The molecule has 0 atom stereocenters. The average molecular weight is 269 g/mol. The first-order valence-electron chi connectivity index (χ1n) is 7.25. The van der Waals surface area contributed by atoms with Crippen molar-refractivity contribution in [1.29, 1.82) is 0 Å². The molecule has 0 aliphatic heterocycles. The van der Waals surface area contributed by atoms with Crippen LogP contribution in [0.1, 0.15) is 33.3 Å². The summed E-state index contributed by atoms with van der Waals surface area (Å²) in [4.78, 5) is 0. The standard InChI is InChI=1S/C17H23N3/c1-16(2)15(17(16,3)4)18-10-13-11-19-20(12-13)14-8-6-5-7-9-14/h5-9,11-12,15,18H,10H2,1-4H3. The molecule has 1 aliphatic carbocycles. The first-order valence-corrected chi connectivity index (χ1v) is 7.25. The molecular formula is C17H23N3. The molecular weight excluding hydrogens is 246 g/mol. The van der Waals surface area contributed by atoms with Gasteiger partial charge in [-0.3, -0.25) is 0 Å². The Labute approximate surface area is 121 Å². The molecule has 1 fully saturated rings. The topological polar surface area (TPSA) is 29.9 Å². The zero-order chi connectivity index (χ0) is 14.4. The molecule has 1 N–H and O–H groups in total. The third-order valence-corrected chi connectivity index (χ3v) is 5.19. The number of aromatic nitrogens is 2. The van der Waals surface area contributed by atoms with Gasteiger partial charge in [-0.05, 0) is 23.0 Å². The molecule has 20 heavy (non-hydrogen) atoms. The van der Waals surface area contributed by atoms with Crippen LogP contribution in [0, 0.1) is 10.8 Å². The van der Waals surface area contributed by atoms with Crippen molar-refractivity contribution >= 4 is 0 Å². The van der Waals surface area contributed by atoms with Crippen LogP contribution in [-0.4, -0.2) is 15.8 Å². The fourth-order valence-corrected chi connectivity index (χ4v) is 3.10. The summed E-state index contributed by atoms with van der Waals surface area (Å²) in [7, 11) is 0. The third kappa shape index (κ3) is 2.06. The molecule has 1 aromatic heterocycles. The predicted octanol–water partition coefficient (Wildman–Crippen LogP) is 3.40. The van der Waals surface area contributed by atoms with Gasteiger partial charge in [-0.15, -0.1) is 0 Å². The predicted molar refractivity (Wildman–Crippen MR) is 81.8 cm³/mol. The first kappa shape index (κ1) is 13.4. The number of rotatable bonds is 4. The molecule has 1 saturated carbocycles. The molecule has 1 aliphatic rings. The van der Waals surface area contributed by atoms with Gasteiger partial charge in [0.05, 0.1) is 11.9 Å². The molecule has 1 heterocycles. The summed E-state index contributed by atoms with van der Waals surface area (Å²) in [6, 6.07) is 10.8. The SMILES string of the molecule is CC1(C)C(NCc2cnn(-c3ccccc3)c2)C1(C)C. The van der Waals surface area contributed by atoms with Gasteiger partial charge in [0.25, 0.3) is 0 Å². The molecule has 1 aromatic carbocycles. The van der Waals surface area contributed by atoms with Gasteiger partial charge < -0.3 is 5.32 Å². The number of hydrogen-bond donors (Lipinski definition) is 1. The van der Waals surface area contributed by atoms with E-state index in [-0.39, 0.29) is 0 Å². The van der Waals surface area contributed by atoms with Crippen LogP contribution < -0.4 is 5.32 Å². The van der Waals surface area contributed by atoms with Gasteiger partial charge in [0.1, 0.15) is 0 Å². The second kappa shape index (κ2) is 4.45. The Morgan fingerprint density at radius 3 is 2.35 bits per heavy atom. The number of nitrogens with zero attached hydrogens (tertiary/aromatic N) is 2. The Hall–Kier alpha value is -1.61. The van der Waals surface area contributed by atoms with Crippen molar-refractivity contribution < 1.29 is 0 Å². The number of nitrogens with one attached hydrogen (secondary N) is 1. The Kier molecular flexibility index (Phi) is 2.98. The summed E-state index contributed by atoms with van der Waals surface area (Å²) in [5.41, 5.74) is 3.09.